The number of benzene rings is 1. The van der Waals surface area contributed by atoms with E-state index in [0.717, 1.165) is 6.42 Å². The fourth-order valence-electron chi connectivity index (χ4n) is 2.66. The van der Waals surface area contributed by atoms with Crippen LogP contribution in [0.1, 0.15) is 23.7 Å². The minimum atomic E-state index is -0.595. The van der Waals surface area contributed by atoms with Gasteiger partial charge in [0.25, 0.3) is 11.5 Å². The van der Waals surface area contributed by atoms with Gasteiger partial charge in [0.2, 0.25) is 0 Å². The largest absolute Gasteiger partial charge is 0.397 e. The van der Waals surface area contributed by atoms with E-state index < -0.39 is 17.3 Å². The number of halogens is 1. The summed E-state index contributed by atoms with van der Waals surface area (Å²) < 4.78 is 13.5. The molecule has 6 nitrogen and oxygen atoms in total. The van der Waals surface area contributed by atoms with E-state index in [1.54, 1.807) is 18.2 Å². The van der Waals surface area contributed by atoms with Crippen LogP contribution in [0.4, 0.5) is 10.1 Å². The van der Waals surface area contributed by atoms with Gasteiger partial charge in [-0.05, 0) is 12.5 Å². The van der Waals surface area contributed by atoms with Crippen molar-refractivity contribution in [3.63, 3.8) is 0 Å². The third-order valence-electron chi connectivity index (χ3n) is 3.85. The molecule has 0 unspecified atom stereocenters. The molecule has 2 heterocycles. The first-order valence-corrected chi connectivity index (χ1v) is 7.87. The molecule has 1 amide bonds. The zero-order chi connectivity index (χ0) is 18.0. The minimum absolute atomic E-state index is 0.0885. The number of hydrogen-bond donors (Lipinski definition) is 3. The zero-order valence-electron chi connectivity index (χ0n) is 13.6. The summed E-state index contributed by atoms with van der Waals surface area (Å²) in [6, 6.07) is 7.62. The van der Waals surface area contributed by atoms with Gasteiger partial charge in [0.1, 0.15) is 11.4 Å². The van der Waals surface area contributed by atoms with E-state index >= 15 is 0 Å². The third kappa shape index (κ3) is 3.08. The van der Waals surface area contributed by atoms with Crippen molar-refractivity contribution in [2.45, 2.75) is 13.3 Å². The molecule has 0 atom stereocenters. The molecular formula is C18H17FN4O2. The van der Waals surface area contributed by atoms with Crippen LogP contribution in [0.2, 0.25) is 0 Å². The van der Waals surface area contributed by atoms with Crippen LogP contribution in [0, 0.1) is 5.82 Å². The average Bonchev–Trinajstić information content (AvgIpc) is 2.59. The number of amides is 1. The number of rotatable bonds is 4. The van der Waals surface area contributed by atoms with E-state index in [9.17, 15) is 14.0 Å². The second kappa shape index (κ2) is 6.72. The number of aromatic nitrogens is 2. The Hall–Kier alpha value is -3.22. The van der Waals surface area contributed by atoms with Crippen molar-refractivity contribution in [1.82, 2.24) is 15.3 Å². The molecule has 7 heteroatoms. The van der Waals surface area contributed by atoms with Crippen molar-refractivity contribution in [3.05, 3.63) is 58.3 Å². The number of hydrogen-bond acceptors (Lipinski definition) is 4. The van der Waals surface area contributed by atoms with Gasteiger partial charge in [-0.3, -0.25) is 14.6 Å². The fourth-order valence-corrected chi connectivity index (χ4v) is 2.66. The summed E-state index contributed by atoms with van der Waals surface area (Å²) in [6.45, 7) is 2.36. The van der Waals surface area contributed by atoms with Crippen LogP contribution in [0.25, 0.3) is 22.2 Å². The van der Waals surface area contributed by atoms with Crippen LogP contribution in [0.15, 0.2) is 41.3 Å². The number of para-hydroxylation sites is 1. The summed E-state index contributed by atoms with van der Waals surface area (Å²) in [4.78, 5) is 31.5. The van der Waals surface area contributed by atoms with Crippen molar-refractivity contribution in [1.29, 1.82) is 0 Å². The quantitative estimate of drug-likeness (QED) is 0.679. The highest BCUT2D eigenvalue weighted by molar-refractivity contribution is 6.08. The SMILES string of the molecule is CCCNC(=O)c1c(N)c2cccc(-c3cc(F)ccn3)c2[nH]c1=O. The van der Waals surface area contributed by atoms with Crippen LogP contribution in [-0.2, 0) is 0 Å². The lowest BCUT2D eigenvalue weighted by Gasteiger charge is -2.11. The summed E-state index contributed by atoms with van der Waals surface area (Å²) in [5.74, 6) is -0.954. The monoisotopic (exact) mass is 340 g/mol. The van der Waals surface area contributed by atoms with Gasteiger partial charge in [-0.2, -0.15) is 0 Å². The van der Waals surface area contributed by atoms with E-state index in [4.69, 9.17) is 5.73 Å². The van der Waals surface area contributed by atoms with Crippen LogP contribution < -0.4 is 16.6 Å². The maximum absolute atomic E-state index is 13.5. The Kier molecular flexibility index (Phi) is 4.47. The molecule has 0 fully saturated rings. The molecule has 3 aromatic rings. The van der Waals surface area contributed by atoms with Crippen LogP contribution >= 0.6 is 0 Å². The number of carbonyl (C=O) groups is 1. The molecule has 25 heavy (non-hydrogen) atoms. The number of H-pyrrole nitrogens is 1. The molecule has 4 N–H and O–H groups in total. The maximum atomic E-state index is 13.5. The second-order valence-electron chi connectivity index (χ2n) is 5.59. The Labute approximate surface area is 142 Å². The summed E-state index contributed by atoms with van der Waals surface area (Å²) in [5.41, 5.74) is 6.77. The Morgan fingerprint density at radius 1 is 1.36 bits per heavy atom. The molecule has 0 saturated carbocycles. The lowest BCUT2D eigenvalue weighted by Crippen LogP contribution is -2.31. The van der Waals surface area contributed by atoms with E-state index in [2.05, 4.69) is 15.3 Å². The number of aromatic amines is 1. The number of nitrogen functional groups attached to an aromatic ring is 1. The highest BCUT2D eigenvalue weighted by atomic mass is 19.1. The molecule has 128 valence electrons. The van der Waals surface area contributed by atoms with Gasteiger partial charge in [0.05, 0.1) is 16.9 Å². The van der Waals surface area contributed by atoms with Crippen molar-refractivity contribution >= 4 is 22.5 Å². The number of nitrogens with zero attached hydrogens (tertiary/aromatic N) is 1. The number of nitrogens with two attached hydrogens (primary N) is 1. The standard InChI is InChI=1S/C18H17FN4O2/c1-2-7-22-17(24)14-15(20)12-5-3-4-11(16(12)23-18(14)25)13-9-10(19)6-8-21-13/h3-6,8-9H,2,7H2,1H3,(H,22,24)(H3,20,23,25). The Balaban J connectivity index is 2.22. The van der Waals surface area contributed by atoms with Crippen molar-refractivity contribution in [2.24, 2.45) is 0 Å². The van der Waals surface area contributed by atoms with E-state index in [1.165, 1.54) is 18.3 Å². The maximum Gasteiger partial charge on any atom is 0.263 e. The number of pyridine rings is 2. The van der Waals surface area contributed by atoms with E-state index in [-0.39, 0.29) is 11.3 Å². The molecule has 0 aliphatic carbocycles. The molecular weight excluding hydrogens is 323 g/mol. The molecule has 0 aliphatic heterocycles. The first-order valence-electron chi connectivity index (χ1n) is 7.87. The van der Waals surface area contributed by atoms with Gasteiger partial charge < -0.3 is 16.0 Å². The summed E-state index contributed by atoms with van der Waals surface area (Å²) >= 11 is 0. The van der Waals surface area contributed by atoms with Gasteiger partial charge in [-0.25, -0.2) is 4.39 Å². The number of nitrogens with one attached hydrogen (secondary N) is 2. The highest BCUT2D eigenvalue weighted by Crippen LogP contribution is 2.29. The van der Waals surface area contributed by atoms with Crippen molar-refractivity contribution in [2.75, 3.05) is 12.3 Å². The molecule has 0 spiro atoms. The molecule has 2 aromatic heterocycles. The smallest absolute Gasteiger partial charge is 0.263 e. The lowest BCUT2D eigenvalue weighted by molar-refractivity contribution is 0.0953. The molecule has 0 radical (unpaired) electrons. The summed E-state index contributed by atoms with van der Waals surface area (Å²) in [7, 11) is 0. The average molecular weight is 340 g/mol. The topological polar surface area (TPSA) is 101 Å². The van der Waals surface area contributed by atoms with Crippen LogP contribution in [0.5, 0.6) is 0 Å². The van der Waals surface area contributed by atoms with Gasteiger partial charge >= 0.3 is 0 Å². The van der Waals surface area contributed by atoms with Gasteiger partial charge in [-0.15, -0.1) is 0 Å². The van der Waals surface area contributed by atoms with Crippen LogP contribution in [0.3, 0.4) is 0 Å². The van der Waals surface area contributed by atoms with Crippen molar-refractivity contribution < 1.29 is 9.18 Å². The fraction of sp³-hybridized carbons (Fsp3) is 0.167. The molecule has 0 bridgehead atoms. The van der Waals surface area contributed by atoms with Crippen LogP contribution in [-0.4, -0.2) is 22.4 Å². The van der Waals surface area contributed by atoms with Crippen molar-refractivity contribution in [3.8, 4) is 11.3 Å². The highest BCUT2D eigenvalue weighted by Gasteiger charge is 2.19. The Morgan fingerprint density at radius 3 is 2.88 bits per heavy atom. The summed E-state index contributed by atoms with van der Waals surface area (Å²) in [6.07, 6.45) is 2.09. The molecule has 1 aromatic carbocycles. The number of anilines is 1. The number of carbonyl (C=O) groups excluding carboxylic acids is 1. The summed E-state index contributed by atoms with van der Waals surface area (Å²) in [5, 5.41) is 3.15. The van der Waals surface area contributed by atoms with Gasteiger partial charge in [-0.1, -0.05) is 25.1 Å². The Bertz CT molecular complexity index is 1010. The molecule has 0 saturated heterocycles. The first kappa shape index (κ1) is 16.6. The molecule has 3 rings (SSSR count). The van der Waals surface area contributed by atoms with Gasteiger partial charge in [0.15, 0.2) is 0 Å². The predicted molar refractivity (Wildman–Crippen MR) is 94.8 cm³/mol. The first-order chi connectivity index (χ1) is 12.0. The third-order valence-corrected chi connectivity index (χ3v) is 3.85. The van der Waals surface area contributed by atoms with Gasteiger partial charge in [0, 0.05) is 29.8 Å². The normalized spacial score (nSPS) is 10.8. The second-order valence-corrected chi connectivity index (χ2v) is 5.59. The van der Waals surface area contributed by atoms with E-state index in [0.29, 0.717) is 28.7 Å². The lowest BCUT2D eigenvalue weighted by atomic mass is 10.0. The predicted octanol–water partition coefficient (Wildman–Crippen LogP) is 2.45. The minimum Gasteiger partial charge on any atom is -0.397 e. The zero-order valence-corrected chi connectivity index (χ0v) is 13.6. The Morgan fingerprint density at radius 2 is 2.16 bits per heavy atom. The van der Waals surface area contributed by atoms with E-state index in [1.807, 2.05) is 6.92 Å². The molecule has 0 aliphatic rings. The number of fused-ring (bicyclic) bond motifs is 1.